The molecule has 2 aromatic heterocycles. The van der Waals surface area contributed by atoms with E-state index in [-0.39, 0.29) is 23.2 Å². The van der Waals surface area contributed by atoms with Crippen LogP contribution in [0.4, 0.5) is 5.95 Å². The van der Waals surface area contributed by atoms with Crippen LogP contribution in [-0.4, -0.2) is 61.2 Å². The van der Waals surface area contributed by atoms with Crippen molar-refractivity contribution in [3.63, 3.8) is 0 Å². The second kappa shape index (κ2) is 7.55. The van der Waals surface area contributed by atoms with Gasteiger partial charge in [0.15, 0.2) is 5.82 Å². The molecular weight excluding hydrogens is 376 g/mol. The fraction of sp³-hybridized carbons (Fsp3) is 0.368. The van der Waals surface area contributed by atoms with Crippen molar-refractivity contribution in [1.82, 2.24) is 24.7 Å². The molecule has 1 saturated heterocycles. The summed E-state index contributed by atoms with van der Waals surface area (Å²) in [7, 11) is 0. The third-order valence-corrected chi connectivity index (χ3v) is 4.80. The van der Waals surface area contributed by atoms with Gasteiger partial charge in [0.05, 0.1) is 31.2 Å². The number of aromatic nitrogens is 5. The molecule has 0 amide bonds. The van der Waals surface area contributed by atoms with Crippen LogP contribution in [0.1, 0.15) is 25.3 Å². The summed E-state index contributed by atoms with van der Waals surface area (Å²) in [6, 6.07) is 2.87. The van der Waals surface area contributed by atoms with Crippen LogP contribution in [0.25, 0.3) is 17.1 Å². The standard InChI is InChI=1S/C19H22N6O4/c1-11(2)13-7-14(16(27)8-15(13)26)17-22-19(28)25(23-17)12-9-20-18(21-10-12)24-3-5-29-6-4-24/h7-11,26-27H,3-6H2,1-2H3,(H,22,23,28). The third kappa shape index (κ3) is 3.66. The zero-order valence-electron chi connectivity index (χ0n) is 16.2. The second-order valence-corrected chi connectivity index (χ2v) is 7.11. The van der Waals surface area contributed by atoms with Gasteiger partial charge in [-0.15, -0.1) is 5.10 Å². The number of hydrogen-bond donors (Lipinski definition) is 3. The van der Waals surface area contributed by atoms with Crippen LogP contribution in [0.15, 0.2) is 29.3 Å². The fourth-order valence-electron chi connectivity index (χ4n) is 3.22. The number of nitrogens with one attached hydrogen (secondary N) is 1. The number of phenols is 2. The zero-order chi connectivity index (χ0) is 20.5. The van der Waals surface area contributed by atoms with E-state index in [0.717, 1.165) is 4.68 Å². The summed E-state index contributed by atoms with van der Waals surface area (Å²) >= 11 is 0. The van der Waals surface area contributed by atoms with Crippen molar-refractivity contribution in [1.29, 1.82) is 0 Å². The minimum Gasteiger partial charge on any atom is -0.508 e. The number of nitrogens with zero attached hydrogens (tertiary/aromatic N) is 5. The Morgan fingerprint density at radius 1 is 1.10 bits per heavy atom. The van der Waals surface area contributed by atoms with Crippen molar-refractivity contribution in [3.8, 4) is 28.6 Å². The number of aromatic hydroxyl groups is 2. The maximum atomic E-state index is 12.4. The topological polar surface area (TPSA) is 129 Å². The Balaban J connectivity index is 1.67. The van der Waals surface area contributed by atoms with E-state index in [9.17, 15) is 15.0 Å². The summed E-state index contributed by atoms with van der Waals surface area (Å²) in [5.74, 6) is 0.608. The van der Waals surface area contributed by atoms with Gasteiger partial charge in [-0.25, -0.2) is 14.8 Å². The molecule has 4 rings (SSSR count). The summed E-state index contributed by atoms with van der Waals surface area (Å²) in [5, 5.41) is 24.5. The average molecular weight is 398 g/mol. The second-order valence-electron chi connectivity index (χ2n) is 7.11. The molecule has 3 N–H and O–H groups in total. The number of H-pyrrole nitrogens is 1. The first-order chi connectivity index (χ1) is 13.9. The molecule has 0 aliphatic carbocycles. The largest absolute Gasteiger partial charge is 0.508 e. The number of anilines is 1. The molecule has 1 aliphatic rings. The maximum absolute atomic E-state index is 12.4. The Hall–Kier alpha value is -3.40. The van der Waals surface area contributed by atoms with E-state index in [1.54, 1.807) is 6.07 Å². The highest BCUT2D eigenvalue weighted by Crippen LogP contribution is 2.36. The summed E-state index contributed by atoms with van der Waals surface area (Å²) < 4.78 is 6.46. The Morgan fingerprint density at radius 3 is 2.45 bits per heavy atom. The Morgan fingerprint density at radius 2 is 1.79 bits per heavy atom. The van der Waals surface area contributed by atoms with Gasteiger partial charge in [0.1, 0.15) is 17.2 Å². The zero-order valence-corrected chi connectivity index (χ0v) is 16.2. The minimum absolute atomic E-state index is 0.00451. The molecule has 10 heteroatoms. The summed E-state index contributed by atoms with van der Waals surface area (Å²) in [5.41, 5.74) is 0.887. The number of benzene rings is 1. The molecule has 0 bridgehead atoms. The lowest BCUT2D eigenvalue weighted by Crippen LogP contribution is -2.37. The lowest BCUT2D eigenvalue weighted by Gasteiger charge is -2.26. The Labute approximate surface area is 166 Å². The van der Waals surface area contributed by atoms with Gasteiger partial charge in [-0.1, -0.05) is 13.8 Å². The molecular formula is C19H22N6O4. The normalized spacial score (nSPS) is 14.5. The Bertz CT molecular complexity index is 1070. The molecule has 0 atom stereocenters. The molecule has 0 unspecified atom stereocenters. The van der Waals surface area contributed by atoms with Gasteiger partial charge in [-0.2, -0.15) is 4.68 Å². The van der Waals surface area contributed by atoms with Crippen molar-refractivity contribution in [2.45, 2.75) is 19.8 Å². The highest BCUT2D eigenvalue weighted by Gasteiger charge is 2.18. The number of aromatic amines is 1. The van der Waals surface area contributed by atoms with E-state index in [0.29, 0.717) is 49.1 Å². The molecule has 0 radical (unpaired) electrons. The first-order valence-electron chi connectivity index (χ1n) is 9.34. The van der Waals surface area contributed by atoms with Crippen LogP contribution >= 0.6 is 0 Å². The average Bonchev–Trinajstić information content (AvgIpc) is 3.10. The van der Waals surface area contributed by atoms with Crippen LogP contribution in [0.5, 0.6) is 11.5 Å². The molecule has 0 saturated carbocycles. The molecule has 1 fully saturated rings. The van der Waals surface area contributed by atoms with Gasteiger partial charge in [-0.05, 0) is 17.5 Å². The van der Waals surface area contributed by atoms with Gasteiger partial charge >= 0.3 is 5.69 Å². The molecule has 0 spiro atoms. The minimum atomic E-state index is -0.485. The smallest absolute Gasteiger partial charge is 0.348 e. The van der Waals surface area contributed by atoms with E-state index in [4.69, 9.17) is 4.74 Å². The predicted molar refractivity (Wildman–Crippen MR) is 106 cm³/mol. The molecule has 10 nitrogen and oxygen atoms in total. The van der Waals surface area contributed by atoms with Crippen molar-refractivity contribution in [2.24, 2.45) is 0 Å². The molecule has 29 heavy (non-hydrogen) atoms. The quantitative estimate of drug-likeness (QED) is 0.601. The van der Waals surface area contributed by atoms with Crippen molar-refractivity contribution in [2.75, 3.05) is 31.2 Å². The summed E-state index contributed by atoms with van der Waals surface area (Å²) in [6.07, 6.45) is 3.06. The van der Waals surface area contributed by atoms with Gasteiger partial charge in [0.2, 0.25) is 5.95 Å². The predicted octanol–water partition coefficient (Wildman–Crippen LogP) is 1.39. The molecule has 3 heterocycles. The van der Waals surface area contributed by atoms with Gasteiger partial charge in [-0.3, -0.25) is 4.98 Å². The lowest BCUT2D eigenvalue weighted by molar-refractivity contribution is 0.122. The van der Waals surface area contributed by atoms with Crippen LogP contribution < -0.4 is 10.6 Å². The van der Waals surface area contributed by atoms with E-state index in [1.807, 2.05) is 18.7 Å². The van der Waals surface area contributed by atoms with Crippen LogP contribution in [0, 0.1) is 0 Å². The van der Waals surface area contributed by atoms with Crippen molar-refractivity contribution >= 4 is 5.95 Å². The van der Waals surface area contributed by atoms with Gasteiger partial charge in [0, 0.05) is 19.2 Å². The fourth-order valence-corrected chi connectivity index (χ4v) is 3.22. The Kier molecular flexibility index (Phi) is 4.93. The molecule has 1 aliphatic heterocycles. The number of ether oxygens (including phenoxy) is 1. The highest BCUT2D eigenvalue weighted by molar-refractivity contribution is 5.67. The SMILES string of the molecule is CC(C)c1cc(-c2nn(-c3cnc(N4CCOCC4)nc3)c(=O)[nH]2)c(O)cc1O. The van der Waals surface area contributed by atoms with Crippen molar-refractivity contribution < 1.29 is 14.9 Å². The van der Waals surface area contributed by atoms with E-state index in [2.05, 4.69) is 20.1 Å². The molecule has 152 valence electrons. The van der Waals surface area contributed by atoms with Gasteiger partial charge < -0.3 is 19.8 Å². The van der Waals surface area contributed by atoms with Crippen molar-refractivity contribution in [3.05, 3.63) is 40.6 Å². The monoisotopic (exact) mass is 398 g/mol. The third-order valence-electron chi connectivity index (χ3n) is 4.80. The molecule has 1 aromatic carbocycles. The van der Waals surface area contributed by atoms with Crippen LogP contribution in [-0.2, 0) is 4.74 Å². The van der Waals surface area contributed by atoms with Crippen LogP contribution in [0.2, 0.25) is 0 Å². The number of hydrogen-bond acceptors (Lipinski definition) is 8. The number of morpholine rings is 1. The first kappa shape index (κ1) is 18.9. The van der Waals surface area contributed by atoms with E-state index >= 15 is 0 Å². The number of rotatable bonds is 4. The number of phenolic OH excluding ortho intramolecular Hbond substituents is 2. The maximum Gasteiger partial charge on any atom is 0.348 e. The highest BCUT2D eigenvalue weighted by atomic mass is 16.5. The van der Waals surface area contributed by atoms with E-state index < -0.39 is 5.69 Å². The summed E-state index contributed by atoms with van der Waals surface area (Å²) in [4.78, 5) is 25.7. The lowest BCUT2D eigenvalue weighted by atomic mass is 9.98. The first-order valence-corrected chi connectivity index (χ1v) is 9.34. The van der Waals surface area contributed by atoms with E-state index in [1.165, 1.54) is 18.5 Å². The summed E-state index contributed by atoms with van der Waals surface area (Å²) in [6.45, 7) is 6.52. The van der Waals surface area contributed by atoms with Gasteiger partial charge in [0.25, 0.3) is 0 Å². The van der Waals surface area contributed by atoms with Crippen LogP contribution in [0.3, 0.4) is 0 Å². The molecule has 3 aromatic rings.